The van der Waals surface area contributed by atoms with Gasteiger partial charge in [-0.2, -0.15) is 18.4 Å². The van der Waals surface area contributed by atoms with Gasteiger partial charge in [0.15, 0.2) is 11.5 Å². The zero-order valence-electron chi connectivity index (χ0n) is 17.4. The molecule has 0 radical (unpaired) electrons. The Balaban J connectivity index is 1.45. The standard InChI is InChI=1S/C21H20F3N7O2/c22-21(23,24)17-2-1-5-31(17)19(32)11-28-14-6-13(8-26-15(14)7-25)16-9-29-18(10-27-16)30-20(33)12-3-4-12/h6,8-10,12,17,28H,1-5,11H2,(H,29,30,33). The molecule has 1 atom stereocenters. The largest absolute Gasteiger partial charge is 0.408 e. The molecule has 2 aromatic heterocycles. The number of carbonyl (C=O) groups excluding carboxylic acids is 2. The highest BCUT2D eigenvalue weighted by atomic mass is 19.4. The number of amides is 2. The van der Waals surface area contributed by atoms with Crippen molar-refractivity contribution >= 4 is 23.3 Å². The second-order valence-electron chi connectivity index (χ2n) is 7.92. The third-order valence-corrected chi connectivity index (χ3v) is 5.52. The first-order valence-electron chi connectivity index (χ1n) is 10.4. The van der Waals surface area contributed by atoms with Crippen LogP contribution in [0.1, 0.15) is 31.4 Å². The first kappa shape index (κ1) is 22.4. The van der Waals surface area contributed by atoms with E-state index in [2.05, 4.69) is 25.6 Å². The maximum absolute atomic E-state index is 13.1. The van der Waals surface area contributed by atoms with Gasteiger partial charge in [0.05, 0.1) is 30.3 Å². The van der Waals surface area contributed by atoms with E-state index < -0.39 is 24.7 Å². The van der Waals surface area contributed by atoms with Gasteiger partial charge in [0.2, 0.25) is 11.8 Å². The molecule has 2 N–H and O–H groups in total. The number of likely N-dealkylation sites (tertiary alicyclic amines) is 1. The van der Waals surface area contributed by atoms with Crippen LogP contribution < -0.4 is 10.6 Å². The molecule has 172 valence electrons. The Kier molecular flexibility index (Phi) is 6.13. The zero-order chi connectivity index (χ0) is 23.6. The number of alkyl halides is 3. The average molecular weight is 459 g/mol. The lowest BCUT2D eigenvalue weighted by Gasteiger charge is -2.26. The highest BCUT2D eigenvalue weighted by Crippen LogP contribution is 2.33. The summed E-state index contributed by atoms with van der Waals surface area (Å²) in [5, 5.41) is 14.7. The lowest BCUT2D eigenvalue weighted by atomic mass is 10.1. The average Bonchev–Trinajstić information content (AvgIpc) is 3.52. The molecule has 12 heteroatoms. The molecule has 4 rings (SSSR count). The molecule has 1 unspecified atom stereocenters. The molecule has 0 aromatic carbocycles. The molecule has 0 bridgehead atoms. The third kappa shape index (κ3) is 5.19. The highest BCUT2D eigenvalue weighted by molar-refractivity contribution is 5.93. The van der Waals surface area contributed by atoms with Gasteiger partial charge in [0, 0.05) is 24.2 Å². The maximum atomic E-state index is 13.1. The molecule has 0 spiro atoms. The molecule has 2 amide bonds. The van der Waals surface area contributed by atoms with E-state index in [1.54, 1.807) is 0 Å². The molecule has 3 heterocycles. The van der Waals surface area contributed by atoms with E-state index in [1.165, 1.54) is 24.7 Å². The Morgan fingerprint density at radius 2 is 1.94 bits per heavy atom. The minimum Gasteiger partial charge on any atom is -0.374 e. The highest BCUT2D eigenvalue weighted by Gasteiger charge is 2.47. The van der Waals surface area contributed by atoms with Crippen molar-refractivity contribution in [1.82, 2.24) is 19.9 Å². The Morgan fingerprint density at radius 3 is 2.58 bits per heavy atom. The minimum atomic E-state index is -4.48. The smallest absolute Gasteiger partial charge is 0.374 e. The monoisotopic (exact) mass is 459 g/mol. The summed E-state index contributed by atoms with van der Waals surface area (Å²) in [6, 6.07) is 1.62. The fourth-order valence-electron chi connectivity index (χ4n) is 3.62. The van der Waals surface area contributed by atoms with Crippen molar-refractivity contribution in [2.75, 3.05) is 23.7 Å². The second-order valence-corrected chi connectivity index (χ2v) is 7.92. The number of hydrogen-bond acceptors (Lipinski definition) is 7. The number of anilines is 2. The maximum Gasteiger partial charge on any atom is 0.408 e. The number of nitriles is 1. The molecule has 1 saturated carbocycles. The summed E-state index contributed by atoms with van der Waals surface area (Å²) in [7, 11) is 0. The molecule has 33 heavy (non-hydrogen) atoms. The molecule has 2 fully saturated rings. The quantitative estimate of drug-likeness (QED) is 0.681. The number of rotatable bonds is 6. The molecule has 1 aliphatic heterocycles. The summed E-state index contributed by atoms with van der Waals surface area (Å²) in [5.74, 6) is -0.470. The van der Waals surface area contributed by atoms with Crippen LogP contribution in [0, 0.1) is 17.2 Å². The van der Waals surface area contributed by atoms with E-state index in [9.17, 15) is 28.0 Å². The lowest BCUT2D eigenvalue weighted by molar-refractivity contribution is -0.181. The van der Waals surface area contributed by atoms with Crippen molar-refractivity contribution in [2.45, 2.75) is 37.9 Å². The molecule has 1 aliphatic carbocycles. The third-order valence-electron chi connectivity index (χ3n) is 5.52. The van der Waals surface area contributed by atoms with E-state index in [1.807, 2.05) is 6.07 Å². The minimum absolute atomic E-state index is 0.0124. The van der Waals surface area contributed by atoms with E-state index in [4.69, 9.17) is 0 Å². The predicted octanol–water partition coefficient (Wildman–Crippen LogP) is 2.72. The summed E-state index contributed by atoms with van der Waals surface area (Å²) in [6.45, 7) is -0.377. The van der Waals surface area contributed by atoms with E-state index >= 15 is 0 Å². The number of aromatic nitrogens is 3. The SMILES string of the molecule is N#Cc1ncc(-c2cnc(NC(=O)C3CC3)cn2)cc1NCC(=O)N1CCCC1C(F)(F)F. The van der Waals surface area contributed by atoms with Crippen molar-refractivity contribution in [3.05, 3.63) is 30.4 Å². The van der Waals surface area contributed by atoms with Gasteiger partial charge in [0.25, 0.3) is 0 Å². The van der Waals surface area contributed by atoms with Crippen LogP contribution in [0.2, 0.25) is 0 Å². The second kappa shape index (κ2) is 9.01. The first-order valence-corrected chi connectivity index (χ1v) is 10.4. The first-order chi connectivity index (χ1) is 15.8. The number of hydrogen-bond donors (Lipinski definition) is 2. The normalized spacial score (nSPS) is 18.0. The summed E-state index contributed by atoms with van der Waals surface area (Å²) in [5.41, 5.74) is 1.06. The van der Waals surface area contributed by atoms with Crippen molar-refractivity contribution in [3.63, 3.8) is 0 Å². The van der Waals surface area contributed by atoms with Crippen molar-refractivity contribution in [2.24, 2.45) is 5.92 Å². The number of halogens is 3. The van der Waals surface area contributed by atoms with Crippen LogP contribution in [-0.4, -0.2) is 57.0 Å². The van der Waals surface area contributed by atoms with Gasteiger partial charge in [-0.05, 0) is 31.7 Å². The molecule has 9 nitrogen and oxygen atoms in total. The summed E-state index contributed by atoms with van der Waals surface area (Å²) < 4.78 is 39.4. The van der Waals surface area contributed by atoms with Crippen LogP contribution in [0.4, 0.5) is 24.7 Å². The van der Waals surface area contributed by atoms with E-state index in [0.717, 1.165) is 17.7 Å². The van der Waals surface area contributed by atoms with Crippen molar-refractivity contribution in [3.8, 4) is 17.3 Å². The van der Waals surface area contributed by atoms with Crippen LogP contribution in [-0.2, 0) is 9.59 Å². The van der Waals surface area contributed by atoms with Gasteiger partial charge < -0.3 is 15.5 Å². The Hall–Kier alpha value is -3.75. The van der Waals surface area contributed by atoms with Crippen LogP contribution in [0.15, 0.2) is 24.7 Å². The van der Waals surface area contributed by atoms with Gasteiger partial charge in [-0.3, -0.25) is 14.6 Å². The Labute approximate surface area is 187 Å². The van der Waals surface area contributed by atoms with Gasteiger partial charge >= 0.3 is 6.18 Å². The molecular formula is C21H20F3N7O2. The molecular weight excluding hydrogens is 439 g/mol. The Morgan fingerprint density at radius 1 is 1.15 bits per heavy atom. The summed E-state index contributed by atoms with van der Waals surface area (Å²) >= 11 is 0. The molecule has 2 aliphatic rings. The van der Waals surface area contributed by atoms with Crippen LogP contribution in [0.3, 0.4) is 0 Å². The topological polar surface area (TPSA) is 124 Å². The van der Waals surface area contributed by atoms with Gasteiger partial charge in [0.1, 0.15) is 12.1 Å². The zero-order valence-corrected chi connectivity index (χ0v) is 17.4. The number of nitrogens with one attached hydrogen (secondary N) is 2. The van der Waals surface area contributed by atoms with E-state index in [-0.39, 0.29) is 42.6 Å². The number of nitrogens with zero attached hydrogens (tertiary/aromatic N) is 5. The number of carbonyl (C=O) groups is 2. The summed E-state index contributed by atoms with van der Waals surface area (Å²) in [6.07, 6.45) is 1.64. The lowest BCUT2D eigenvalue weighted by Crippen LogP contribution is -2.46. The van der Waals surface area contributed by atoms with Gasteiger partial charge in [-0.25, -0.2) is 9.97 Å². The fraction of sp³-hybridized carbons (Fsp3) is 0.429. The van der Waals surface area contributed by atoms with Crippen LogP contribution in [0.5, 0.6) is 0 Å². The van der Waals surface area contributed by atoms with Gasteiger partial charge in [-0.15, -0.1) is 0 Å². The Bertz CT molecular complexity index is 1090. The summed E-state index contributed by atoms with van der Waals surface area (Å²) in [4.78, 5) is 37.5. The van der Waals surface area contributed by atoms with Crippen LogP contribution >= 0.6 is 0 Å². The molecule has 1 saturated heterocycles. The predicted molar refractivity (Wildman–Crippen MR) is 111 cm³/mol. The fourth-order valence-corrected chi connectivity index (χ4v) is 3.62. The van der Waals surface area contributed by atoms with Crippen molar-refractivity contribution in [1.29, 1.82) is 5.26 Å². The van der Waals surface area contributed by atoms with Gasteiger partial charge in [-0.1, -0.05) is 0 Å². The van der Waals surface area contributed by atoms with E-state index in [0.29, 0.717) is 17.1 Å². The van der Waals surface area contributed by atoms with Crippen molar-refractivity contribution < 1.29 is 22.8 Å². The number of pyridine rings is 1. The molecule has 2 aromatic rings. The van der Waals surface area contributed by atoms with Crippen LogP contribution in [0.25, 0.3) is 11.3 Å².